The molecule has 4 rings (SSSR count). The summed E-state index contributed by atoms with van der Waals surface area (Å²) in [6.07, 6.45) is -0.108. The van der Waals surface area contributed by atoms with Gasteiger partial charge in [-0.3, -0.25) is 19.9 Å². The van der Waals surface area contributed by atoms with Gasteiger partial charge in [-0.2, -0.15) is 0 Å². The lowest BCUT2D eigenvalue weighted by Gasteiger charge is -2.13. The molecule has 2 amide bonds. The summed E-state index contributed by atoms with van der Waals surface area (Å²) in [4.78, 5) is 41.0. The molecule has 180 valence electrons. The van der Waals surface area contributed by atoms with Crippen LogP contribution in [0.4, 0.5) is 20.6 Å². The van der Waals surface area contributed by atoms with E-state index in [9.17, 15) is 18.8 Å². The molecule has 0 saturated carbocycles. The number of nitrogens with zero attached hydrogens (tertiary/aromatic N) is 1. The van der Waals surface area contributed by atoms with Gasteiger partial charge in [0.25, 0.3) is 0 Å². The first kappa shape index (κ1) is 24.3. The number of pyridine rings is 1. The molecule has 1 heterocycles. The third kappa shape index (κ3) is 5.79. The monoisotopic (exact) mass is 483 g/mol. The zero-order chi connectivity index (χ0) is 25.7. The maximum atomic E-state index is 14.3. The summed E-state index contributed by atoms with van der Waals surface area (Å²) in [5.74, 6) is -1.50. The number of carbonyl (C=O) groups excluding carboxylic acids is 2. The van der Waals surface area contributed by atoms with Crippen LogP contribution in [0.5, 0.6) is 0 Å². The average molecular weight is 483 g/mol. The Morgan fingerprint density at radius 2 is 1.61 bits per heavy atom. The molecule has 0 saturated heterocycles. The SMILES string of the molecule is Cc1cc(-c2cccc(C(=O)CC(=O)Nc3cc(-c4ccccc4F)ccc3NC(=O)O)c2)ccn1. The van der Waals surface area contributed by atoms with Crippen LogP contribution in [-0.4, -0.2) is 27.9 Å². The smallest absolute Gasteiger partial charge is 0.409 e. The van der Waals surface area contributed by atoms with Gasteiger partial charge in [-0.25, -0.2) is 9.18 Å². The number of rotatable bonds is 7. The number of halogens is 1. The van der Waals surface area contributed by atoms with Crippen molar-refractivity contribution in [2.75, 3.05) is 10.6 Å². The molecule has 0 radical (unpaired) electrons. The Labute approximate surface area is 206 Å². The number of hydrogen-bond acceptors (Lipinski definition) is 4. The van der Waals surface area contributed by atoms with E-state index in [0.717, 1.165) is 16.8 Å². The van der Waals surface area contributed by atoms with Crippen molar-refractivity contribution in [3.05, 3.63) is 102 Å². The van der Waals surface area contributed by atoms with Gasteiger partial charge in [-0.15, -0.1) is 0 Å². The van der Waals surface area contributed by atoms with Crippen molar-refractivity contribution in [1.29, 1.82) is 0 Å². The Bertz CT molecular complexity index is 1470. The van der Waals surface area contributed by atoms with Gasteiger partial charge in [-0.1, -0.05) is 42.5 Å². The van der Waals surface area contributed by atoms with E-state index in [2.05, 4.69) is 15.6 Å². The zero-order valence-electron chi connectivity index (χ0n) is 19.3. The van der Waals surface area contributed by atoms with Gasteiger partial charge in [0.1, 0.15) is 5.82 Å². The second kappa shape index (κ2) is 10.6. The van der Waals surface area contributed by atoms with Gasteiger partial charge in [-0.05, 0) is 60.0 Å². The molecule has 0 fully saturated rings. The summed E-state index contributed by atoms with van der Waals surface area (Å²) in [6.45, 7) is 1.87. The van der Waals surface area contributed by atoms with Crippen molar-refractivity contribution in [3.63, 3.8) is 0 Å². The number of amides is 2. The van der Waals surface area contributed by atoms with E-state index in [4.69, 9.17) is 5.11 Å². The topological polar surface area (TPSA) is 108 Å². The van der Waals surface area contributed by atoms with E-state index >= 15 is 0 Å². The van der Waals surface area contributed by atoms with E-state index in [0.29, 0.717) is 11.1 Å². The van der Waals surface area contributed by atoms with Crippen LogP contribution in [0.3, 0.4) is 0 Å². The highest BCUT2D eigenvalue weighted by molar-refractivity contribution is 6.12. The van der Waals surface area contributed by atoms with Crippen LogP contribution < -0.4 is 10.6 Å². The molecule has 0 aliphatic heterocycles. The van der Waals surface area contributed by atoms with Crippen LogP contribution in [0.15, 0.2) is 85.1 Å². The van der Waals surface area contributed by atoms with Crippen molar-refractivity contribution >= 4 is 29.2 Å². The highest BCUT2D eigenvalue weighted by atomic mass is 19.1. The molecular weight excluding hydrogens is 461 g/mol. The molecule has 7 nitrogen and oxygen atoms in total. The summed E-state index contributed by atoms with van der Waals surface area (Å²) >= 11 is 0. The van der Waals surface area contributed by atoms with E-state index in [1.54, 1.807) is 42.6 Å². The van der Waals surface area contributed by atoms with Gasteiger partial charge in [0.15, 0.2) is 5.78 Å². The number of aryl methyl sites for hydroxylation is 1. The minimum absolute atomic E-state index is 0.0958. The highest BCUT2D eigenvalue weighted by Gasteiger charge is 2.16. The summed E-state index contributed by atoms with van der Waals surface area (Å²) in [6, 6.07) is 21.2. The van der Waals surface area contributed by atoms with Gasteiger partial charge in [0, 0.05) is 23.0 Å². The summed E-state index contributed by atoms with van der Waals surface area (Å²) in [5, 5.41) is 13.9. The minimum Gasteiger partial charge on any atom is -0.465 e. The largest absolute Gasteiger partial charge is 0.465 e. The molecule has 0 bridgehead atoms. The first-order valence-corrected chi connectivity index (χ1v) is 11.0. The standard InChI is InChI=1S/C28H22FN3O4/c1-17-13-19(11-12-30-17)18-5-4-6-21(14-18)26(33)16-27(34)31-25-15-20(9-10-24(25)32-28(35)36)22-7-2-3-8-23(22)29/h2-15,32H,16H2,1H3,(H,31,34)(H,35,36). The van der Waals surface area contributed by atoms with Crippen LogP contribution >= 0.6 is 0 Å². The van der Waals surface area contributed by atoms with Crippen LogP contribution in [-0.2, 0) is 4.79 Å². The van der Waals surface area contributed by atoms with E-state index < -0.39 is 30.0 Å². The number of hydrogen-bond donors (Lipinski definition) is 3. The van der Waals surface area contributed by atoms with Crippen LogP contribution in [0.1, 0.15) is 22.5 Å². The van der Waals surface area contributed by atoms with Gasteiger partial charge >= 0.3 is 6.09 Å². The molecule has 0 unspecified atom stereocenters. The third-order valence-corrected chi connectivity index (χ3v) is 5.46. The predicted molar refractivity (Wildman–Crippen MR) is 135 cm³/mol. The summed E-state index contributed by atoms with van der Waals surface area (Å²) in [5.41, 5.74) is 3.84. The summed E-state index contributed by atoms with van der Waals surface area (Å²) < 4.78 is 14.3. The molecule has 36 heavy (non-hydrogen) atoms. The molecule has 0 aliphatic rings. The maximum absolute atomic E-state index is 14.3. The zero-order valence-corrected chi connectivity index (χ0v) is 19.3. The van der Waals surface area contributed by atoms with Gasteiger partial charge < -0.3 is 10.4 Å². The fraction of sp³-hybridized carbons (Fsp3) is 0.0714. The van der Waals surface area contributed by atoms with Crippen molar-refractivity contribution in [2.24, 2.45) is 0 Å². The van der Waals surface area contributed by atoms with Crippen molar-refractivity contribution < 1.29 is 23.9 Å². The number of carboxylic acid groups (broad SMARTS) is 1. The molecule has 0 spiro atoms. The fourth-order valence-corrected chi connectivity index (χ4v) is 3.77. The maximum Gasteiger partial charge on any atom is 0.409 e. The Morgan fingerprint density at radius 1 is 0.833 bits per heavy atom. The Hall–Kier alpha value is -4.85. The first-order valence-electron chi connectivity index (χ1n) is 11.0. The highest BCUT2D eigenvalue weighted by Crippen LogP contribution is 2.31. The number of Topliss-reactive ketones (excluding diaryl/α,β-unsaturated/α-hetero) is 1. The van der Waals surface area contributed by atoms with Crippen molar-refractivity contribution in [3.8, 4) is 22.3 Å². The molecule has 0 atom stereocenters. The van der Waals surface area contributed by atoms with Crippen LogP contribution in [0, 0.1) is 12.7 Å². The molecule has 8 heteroatoms. The fourth-order valence-electron chi connectivity index (χ4n) is 3.77. The number of aromatic nitrogens is 1. The number of anilines is 2. The summed E-state index contributed by atoms with van der Waals surface area (Å²) in [7, 11) is 0. The Morgan fingerprint density at radius 3 is 2.36 bits per heavy atom. The first-order chi connectivity index (χ1) is 17.3. The predicted octanol–water partition coefficient (Wildman–Crippen LogP) is 6.16. The van der Waals surface area contributed by atoms with Crippen LogP contribution in [0.2, 0.25) is 0 Å². The van der Waals surface area contributed by atoms with Crippen molar-refractivity contribution in [1.82, 2.24) is 4.98 Å². The molecule has 3 aromatic carbocycles. The van der Waals surface area contributed by atoms with E-state index in [-0.39, 0.29) is 16.9 Å². The number of nitrogens with one attached hydrogen (secondary N) is 2. The second-order valence-corrected chi connectivity index (χ2v) is 8.09. The Kier molecular flexibility index (Phi) is 7.15. The van der Waals surface area contributed by atoms with E-state index in [1.807, 2.05) is 25.1 Å². The molecule has 4 aromatic rings. The van der Waals surface area contributed by atoms with Gasteiger partial charge in [0.05, 0.1) is 17.8 Å². The normalized spacial score (nSPS) is 10.5. The molecule has 1 aromatic heterocycles. The number of benzene rings is 3. The lowest BCUT2D eigenvalue weighted by molar-refractivity contribution is -0.115. The number of ketones is 1. The van der Waals surface area contributed by atoms with Gasteiger partial charge in [0.2, 0.25) is 5.91 Å². The van der Waals surface area contributed by atoms with Crippen LogP contribution in [0.25, 0.3) is 22.3 Å². The van der Waals surface area contributed by atoms with Crippen molar-refractivity contribution in [2.45, 2.75) is 13.3 Å². The lowest BCUT2D eigenvalue weighted by atomic mass is 10.00. The Balaban J connectivity index is 1.55. The lowest BCUT2D eigenvalue weighted by Crippen LogP contribution is -2.18. The molecular formula is C28H22FN3O4. The minimum atomic E-state index is -1.33. The average Bonchev–Trinajstić information content (AvgIpc) is 2.85. The molecule has 3 N–H and O–H groups in total. The quantitative estimate of drug-likeness (QED) is 0.215. The number of carbonyl (C=O) groups is 3. The van der Waals surface area contributed by atoms with E-state index in [1.165, 1.54) is 24.3 Å². The molecule has 0 aliphatic carbocycles. The third-order valence-electron chi connectivity index (χ3n) is 5.46. The second-order valence-electron chi connectivity index (χ2n) is 8.09.